The lowest BCUT2D eigenvalue weighted by Crippen LogP contribution is -2.41. The molecule has 1 saturated heterocycles. The first kappa shape index (κ1) is 17.3. The van der Waals surface area contributed by atoms with E-state index in [9.17, 15) is 9.59 Å². The van der Waals surface area contributed by atoms with Crippen molar-refractivity contribution < 1.29 is 23.8 Å². The van der Waals surface area contributed by atoms with Crippen molar-refractivity contribution in [1.82, 2.24) is 0 Å². The molecule has 0 radical (unpaired) electrons. The number of benzene rings is 1. The van der Waals surface area contributed by atoms with Gasteiger partial charge in [-0.1, -0.05) is 25.4 Å². The smallest absolute Gasteiger partial charge is 0.348 e. The topological polar surface area (TPSA) is 61.8 Å². The number of ether oxygens (including phenoxy) is 3. The second-order valence-electron chi connectivity index (χ2n) is 6.12. The highest BCUT2D eigenvalue weighted by Gasteiger charge is 2.39. The molecule has 1 fully saturated rings. The molecular formula is C17H19ClO5. The van der Waals surface area contributed by atoms with Gasteiger partial charge in [-0.15, -0.1) is 0 Å². The summed E-state index contributed by atoms with van der Waals surface area (Å²) < 4.78 is 15.8. The van der Waals surface area contributed by atoms with Crippen LogP contribution in [0.5, 0.6) is 5.75 Å². The maximum atomic E-state index is 12.0. The van der Waals surface area contributed by atoms with Crippen molar-refractivity contribution in [2.24, 2.45) is 5.92 Å². The van der Waals surface area contributed by atoms with Crippen LogP contribution in [-0.4, -0.2) is 24.3 Å². The van der Waals surface area contributed by atoms with E-state index in [4.69, 9.17) is 25.8 Å². The van der Waals surface area contributed by atoms with E-state index < -0.39 is 17.7 Å². The highest BCUT2D eigenvalue weighted by Crippen LogP contribution is 2.29. The van der Waals surface area contributed by atoms with Crippen LogP contribution in [0.25, 0.3) is 6.08 Å². The number of cyclic esters (lactones) is 2. The summed E-state index contributed by atoms with van der Waals surface area (Å²) in [6.07, 6.45) is 1.38. The van der Waals surface area contributed by atoms with Gasteiger partial charge in [-0.2, -0.15) is 0 Å². The number of carbonyl (C=O) groups excluding carboxylic acids is 2. The van der Waals surface area contributed by atoms with Crippen molar-refractivity contribution in [3.63, 3.8) is 0 Å². The van der Waals surface area contributed by atoms with Crippen molar-refractivity contribution in [3.05, 3.63) is 34.4 Å². The maximum Gasteiger partial charge on any atom is 0.348 e. The summed E-state index contributed by atoms with van der Waals surface area (Å²) >= 11 is 6.00. The van der Waals surface area contributed by atoms with Crippen LogP contribution >= 0.6 is 11.6 Å². The summed E-state index contributed by atoms with van der Waals surface area (Å²) in [6.45, 7) is 7.53. The largest absolute Gasteiger partial charge is 0.493 e. The van der Waals surface area contributed by atoms with E-state index in [1.807, 2.05) is 13.8 Å². The van der Waals surface area contributed by atoms with Crippen molar-refractivity contribution in [3.8, 4) is 5.75 Å². The van der Waals surface area contributed by atoms with Gasteiger partial charge in [0.15, 0.2) is 0 Å². The molecule has 0 aromatic heterocycles. The SMILES string of the molecule is CC(C)COc1ccc(Cl)cc1C=C1C(=O)OC(C)(C)OC1=O. The van der Waals surface area contributed by atoms with Crippen LogP contribution in [0.15, 0.2) is 23.8 Å². The van der Waals surface area contributed by atoms with Gasteiger partial charge in [-0.3, -0.25) is 0 Å². The first-order valence-corrected chi connectivity index (χ1v) is 7.66. The van der Waals surface area contributed by atoms with Crippen LogP contribution in [0.4, 0.5) is 0 Å². The average molecular weight is 339 g/mol. The Kier molecular flexibility index (Phi) is 5.00. The maximum absolute atomic E-state index is 12.0. The van der Waals surface area contributed by atoms with Crippen LogP contribution in [-0.2, 0) is 19.1 Å². The number of esters is 2. The van der Waals surface area contributed by atoms with Gasteiger partial charge >= 0.3 is 11.9 Å². The van der Waals surface area contributed by atoms with Crippen LogP contribution in [0.2, 0.25) is 5.02 Å². The molecule has 0 N–H and O–H groups in total. The Labute approximate surface area is 140 Å². The highest BCUT2D eigenvalue weighted by molar-refractivity contribution is 6.30. The predicted molar refractivity (Wildman–Crippen MR) is 86.0 cm³/mol. The lowest BCUT2D eigenvalue weighted by Gasteiger charge is -2.29. The molecule has 1 aliphatic rings. The summed E-state index contributed by atoms with van der Waals surface area (Å²) in [7, 11) is 0. The molecule has 5 nitrogen and oxygen atoms in total. The molecule has 0 spiro atoms. The quantitative estimate of drug-likeness (QED) is 0.477. The van der Waals surface area contributed by atoms with Gasteiger partial charge in [-0.05, 0) is 30.2 Å². The summed E-state index contributed by atoms with van der Waals surface area (Å²) in [6, 6.07) is 4.99. The number of rotatable bonds is 4. The zero-order chi connectivity index (χ0) is 17.2. The standard InChI is InChI=1S/C17H19ClO5/c1-10(2)9-21-14-6-5-12(18)7-11(14)8-13-15(19)22-17(3,4)23-16(13)20/h5-8,10H,9H2,1-4H3. The molecule has 1 heterocycles. The highest BCUT2D eigenvalue weighted by atomic mass is 35.5. The molecular weight excluding hydrogens is 320 g/mol. The molecule has 0 aliphatic carbocycles. The Bertz CT molecular complexity index is 639. The molecule has 1 aromatic rings. The van der Waals surface area contributed by atoms with Gasteiger partial charge in [0.2, 0.25) is 0 Å². The molecule has 6 heteroatoms. The van der Waals surface area contributed by atoms with Gasteiger partial charge < -0.3 is 14.2 Å². The summed E-state index contributed by atoms with van der Waals surface area (Å²) in [5, 5.41) is 0.464. The van der Waals surface area contributed by atoms with Gasteiger partial charge in [-0.25, -0.2) is 9.59 Å². The lowest BCUT2D eigenvalue weighted by atomic mass is 10.1. The van der Waals surface area contributed by atoms with Gasteiger partial charge in [0.1, 0.15) is 11.3 Å². The van der Waals surface area contributed by atoms with Crippen LogP contribution < -0.4 is 4.74 Å². The van der Waals surface area contributed by atoms with Crippen LogP contribution in [0.1, 0.15) is 33.3 Å². The third kappa shape index (κ3) is 4.48. The molecule has 23 heavy (non-hydrogen) atoms. The Balaban J connectivity index is 2.36. The van der Waals surface area contributed by atoms with Gasteiger partial charge in [0, 0.05) is 24.4 Å². The van der Waals surface area contributed by atoms with Gasteiger partial charge in [0.25, 0.3) is 5.79 Å². The van der Waals surface area contributed by atoms with E-state index in [0.29, 0.717) is 28.9 Å². The monoisotopic (exact) mass is 338 g/mol. The fourth-order valence-corrected chi connectivity index (χ4v) is 2.13. The van der Waals surface area contributed by atoms with Crippen LogP contribution in [0, 0.1) is 5.92 Å². The third-order valence-corrected chi connectivity index (χ3v) is 3.20. The zero-order valence-corrected chi connectivity index (χ0v) is 14.3. The van der Waals surface area contributed by atoms with E-state index in [1.165, 1.54) is 19.9 Å². The first-order chi connectivity index (χ1) is 10.7. The summed E-state index contributed by atoms with van der Waals surface area (Å²) in [5.74, 6) is -1.88. The molecule has 1 aromatic carbocycles. The van der Waals surface area contributed by atoms with Crippen molar-refractivity contribution in [2.45, 2.75) is 33.5 Å². The lowest BCUT2D eigenvalue weighted by molar-refractivity contribution is -0.222. The van der Waals surface area contributed by atoms with Crippen molar-refractivity contribution in [1.29, 1.82) is 0 Å². The Morgan fingerprint density at radius 2 is 1.83 bits per heavy atom. The van der Waals surface area contributed by atoms with E-state index in [0.717, 1.165) is 0 Å². The van der Waals surface area contributed by atoms with Crippen molar-refractivity contribution in [2.75, 3.05) is 6.61 Å². The van der Waals surface area contributed by atoms with E-state index in [1.54, 1.807) is 18.2 Å². The number of halogens is 1. The van der Waals surface area contributed by atoms with E-state index in [-0.39, 0.29) is 5.57 Å². The first-order valence-electron chi connectivity index (χ1n) is 7.28. The minimum absolute atomic E-state index is 0.194. The van der Waals surface area contributed by atoms with E-state index >= 15 is 0 Å². The average Bonchev–Trinajstić information content (AvgIpc) is 2.40. The number of carbonyl (C=O) groups is 2. The normalized spacial score (nSPS) is 16.9. The Morgan fingerprint density at radius 1 is 1.22 bits per heavy atom. The van der Waals surface area contributed by atoms with Gasteiger partial charge in [0.05, 0.1) is 6.61 Å². The predicted octanol–water partition coefficient (Wildman–Crippen LogP) is 3.59. The minimum Gasteiger partial charge on any atom is -0.493 e. The molecule has 0 atom stereocenters. The van der Waals surface area contributed by atoms with E-state index in [2.05, 4.69) is 0 Å². The fourth-order valence-electron chi connectivity index (χ4n) is 1.95. The minimum atomic E-state index is -1.27. The Morgan fingerprint density at radius 3 is 2.39 bits per heavy atom. The molecule has 1 aliphatic heterocycles. The number of hydrogen-bond donors (Lipinski definition) is 0. The molecule has 0 saturated carbocycles. The summed E-state index contributed by atoms with van der Waals surface area (Å²) in [5.41, 5.74) is 0.322. The third-order valence-electron chi connectivity index (χ3n) is 2.96. The second kappa shape index (κ2) is 6.62. The molecule has 0 amide bonds. The molecule has 2 rings (SSSR count). The fraction of sp³-hybridized carbons (Fsp3) is 0.412. The Hall–Kier alpha value is -2.01. The second-order valence-corrected chi connectivity index (χ2v) is 6.56. The van der Waals surface area contributed by atoms with Crippen molar-refractivity contribution >= 4 is 29.6 Å². The van der Waals surface area contributed by atoms with Crippen LogP contribution in [0.3, 0.4) is 0 Å². The zero-order valence-electron chi connectivity index (χ0n) is 13.5. The molecule has 124 valence electrons. The number of hydrogen-bond acceptors (Lipinski definition) is 5. The summed E-state index contributed by atoms with van der Waals surface area (Å²) in [4.78, 5) is 24.0. The molecule has 0 unspecified atom stereocenters. The molecule has 0 bridgehead atoms.